The third kappa shape index (κ3) is 4.34. The van der Waals surface area contributed by atoms with Crippen molar-refractivity contribution in [1.29, 1.82) is 0 Å². The lowest BCUT2D eigenvalue weighted by atomic mass is 10.1. The highest BCUT2D eigenvalue weighted by Crippen LogP contribution is 2.26. The Morgan fingerprint density at radius 3 is 2.60 bits per heavy atom. The van der Waals surface area contributed by atoms with Crippen LogP contribution in [0, 0.1) is 5.92 Å². The number of rotatable bonds is 7. The van der Waals surface area contributed by atoms with E-state index in [1.807, 2.05) is 11.3 Å². The molecule has 1 aromatic carbocycles. The molecule has 0 atom stereocenters. The Labute approximate surface area is 126 Å². The fraction of sp³-hybridized carbons (Fsp3) is 0.471. The van der Waals surface area contributed by atoms with Gasteiger partial charge in [0, 0.05) is 11.4 Å². The van der Waals surface area contributed by atoms with Crippen molar-refractivity contribution in [2.75, 3.05) is 11.9 Å². The van der Waals surface area contributed by atoms with Crippen molar-refractivity contribution in [3.05, 3.63) is 46.5 Å². The molecule has 0 spiro atoms. The third-order valence-corrected chi connectivity index (χ3v) is 4.32. The van der Waals surface area contributed by atoms with Crippen molar-refractivity contribution < 1.29 is 0 Å². The van der Waals surface area contributed by atoms with Crippen molar-refractivity contribution in [3.8, 4) is 0 Å². The number of aryl methyl sites for hydroxylation is 1. The van der Waals surface area contributed by atoms with Crippen LogP contribution in [0.1, 0.15) is 36.9 Å². The standard InChI is InChI=1S/C17H24N2S/c1-4-15-16(12-13(2)3)20-17(19-15)18-11-10-14-8-6-5-7-9-14/h5-9,13H,4,10-12H2,1-3H3,(H,18,19). The molecule has 0 bridgehead atoms. The number of thiazole rings is 1. The van der Waals surface area contributed by atoms with Gasteiger partial charge in [0.05, 0.1) is 5.69 Å². The lowest BCUT2D eigenvalue weighted by Gasteiger charge is -2.03. The predicted molar refractivity (Wildman–Crippen MR) is 88.7 cm³/mol. The molecular formula is C17H24N2S. The molecule has 0 saturated carbocycles. The smallest absolute Gasteiger partial charge is 0.183 e. The van der Waals surface area contributed by atoms with Gasteiger partial charge in [-0.05, 0) is 30.7 Å². The van der Waals surface area contributed by atoms with Crippen molar-refractivity contribution in [1.82, 2.24) is 4.98 Å². The minimum absolute atomic E-state index is 0.693. The Bertz CT molecular complexity index is 517. The van der Waals surface area contributed by atoms with Crippen LogP contribution < -0.4 is 5.32 Å². The van der Waals surface area contributed by atoms with Crippen LogP contribution in [0.25, 0.3) is 0 Å². The van der Waals surface area contributed by atoms with Crippen LogP contribution in [0.4, 0.5) is 5.13 Å². The van der Waals surface area contributed by atoms with Crippen LogP contribution in [-0.4, -0.2) is 11.5 Å². The van der Waals surface area contributed by atoms with Crippen LogP contribution in [-0.2, 0) is 19.3 Å². The molecule has 0 radical (unpaired) electrons. The second-order valence-corrected chi connectivity index (χ2v) is 6.59. The van der Waals surface area contributed by atoms with E-state index in [1.54, 1.807) is 0 Å². The number of anilines is 1. The van der Waals surface area contributed by atoms with E-state index in [1.165, 1.54) is 16.1 Å². The molecule has 2 rings (SSSR count). The van der Waals surface area contributed by atoms with E-state index in [0.717, 1.165) is 30.9 Å². The summed E-state index contributed by atoms with van der Waals surface area (Å²) in [5.74, 6) is 0.693. The van der Waals surface area contributed by atoms with Gasteiger partial charge in [0.1, 0.15) is 0 Å². The molecule has 1 aromatic heterocycles. The Balaban J connectivity index is 1.91. The Morgan fingerprint density at radius 1 is 1.20 bits per heavy atom. The summed E-state index contributed by atoms with van der Waals surface area (Å²) in [4.78, 5) is 6.17. The summed E-state index contributed by atoms with van der Waals surface area (Å²) in [5.41, 5.74) is 2.64. The molecule has 0 unspecified atom stereocenters. The van der Waals surface area contributed by atoms with Gasteiger partial charge >= 0.3 is 0 Å². The zero-order valence-electron chi connectivity index (χ0n) is 12.6. The lowest BCUT2D eigenvalue weighted by molar-refractivity contribution is 0.649. The van der Waals surface area contributed by atoms with E-state index in [-0.39, 0.29) is 0 Å². The van der Waals surface area contributed by atoms with Gasteiger partial charge in [0.15, 0.2) is 5.13 Å². The summed E-state index contributed by atoms with van der Waals surface area (Å²) >= 11 is 1.83. The maximum Gasteiger partial charge on any atom is 0.183 e. The first kappa shape index (κ1) is 15.0. The average Bonchev–Trinajstić information content (AvgIpc) is 2.81. The first-order chi connectivity index (χ1) is 9.69. The zero-order chi connectivity index (χ0) is 14.4. The molecule has 0 fully saturated rings. The van der Waals surface area contributed by atoms with Crippen molar-refractivity contribution >= 4 is 16.5 Å². The first-order valence-corrected chi connectivity index (χ1v) is 8.27. The summed E-state index contributed by atoms with van der Waals surface area (Å²) in [6, 6.07) is 10.6. The lowest BCUT2D eigenvalue weighted by Crippen LogP contribution is -2.04. The summed E-state index contributed by atoms with van der Waals surface area (Å²) in [6.07, 6.45) is 3.21. The van der Waals surface area contributed by atoms with Gasteiger partial charge in [0.2, 0.25) is 0 Å². The minimum atomic E-state index is 0.693. The maximum atomic E-state index is 4.72. The molecule has 0 aliphatic rings. The molecule has 2 nitrogen and oxygen atoms in total. The second-order valence-electron chi connectivity index (χ2n) is 5.50. The molecule has 2 aromatic rings. The van der Waals surface area contributed by atoms with Gasteiger partial charge in [-0.2, -0.15) is 0 Å². The topological polar surface area (TPSA) is 24.9 Å². The summed E-state index contributed by atoms with van der Waals surface area (Å²) in [5, 5.41) is 4.55. The number of nitrogens with one attached hydrogen (secondary N) is 1. The summed E-state index contributed by atoms with van der Waals surface area (Å²) in [6.45, 7) is 7.66. The van der Waals surface area contributed by atoms with Crippen LogP contribution in [0.15, 0.2) is 30.3 Å². The van der Waals surface area contributed by atoms with Gasteiger partial charge in [-0.25, -0.2) is 4.98 Å². The zero-order valence-corrected chi connectivity index (χ0v) is 13.5. The molecular weight excluding hydrogens is 264 g/mol. The van der Waals surface area contributed by atoms with E-state index in [9.17, 15) is 0 Å². The highest BCUT2D eigenvalue weighted by molar-refractivity contribution is 7.15. The summed E-state index contributed by atoms with van der Waals surface area (Å²) in [7, 11) is 0. The van der Waals surface area contributed by atoms with Gasteiger partial charge < -0.3 is 5.32 Å². The van der Waals surface area contributed by atoms with E-state index < -0.39 is 0 Å². The molecule has 0 amide bonds. The highest BCUT2D eigenvalue weighted by atomic mass is 32.1. The molecule has 0 saturated heterocycles. The monoisotopic (exact) mass is 288 g/mol. The average molecular weight is 288 g/mol. The van der Waals surface area contributed by atoms with E-state index >= 15 is 0 Å². The van der Waals surface area contributed by atoms with E-state index in [0.29, 0.717) is 5.92 Å². The molecule has 20 heavy (non-hydrogen) atoms. The fourth-order valence-corrected chi connectivity index (χ4v) is 3.51. The number of aromatic nitrogens is 1. The number of benzene rings is 1. The van der Waals surface area contributed by atoms with Crippen molar-refractivity contribution in [2.24, 2.45) is 5.92 Å². The van der Waals surface area contributed by atoms with Crippen LogP contribution >= 0.6 is 11.3 Å². The van der Waals surface area contributed by atoms with Crippen molar-refractivity contribution in [2.45, 2.75) is 40.0 Å². The largest absolute Gasteiger partial charge is 0.361 e. The van der Waals surface area contributed by atoms with Gasteiger partial charge in [0.25, 0.3) is 0 Å². The number of nitrogens with zero attached hydrogens (tertiary/aromatic N) is 1. The molecule has 1 heterocycles. The molecule has 108 valence electrons. The number of hydrogen-bond donors (Lipinski definition) is 1. The van der Waals surface area contributed by atoms with Gasteiger partial charge in [-0.15, -0.1) is 11.3 Å². The quantitative estimate of drug-likeness (QED) is 0.808. The van der Waals surface area contributed by atoms with Gasteiger partial charge in [-0.1, -0.05) is 51.1 Å². The van der Waals surface area contributed by atoms with Gasteiger partial charge in [-0.3, -0.25) is 0 Å². The van der Waals surface area contributed by atoms with Crippen LogP contribution in [0.5, 0.6) is 0 Å². The Hall–Kier alpha value is -1.35. The predicted octanol–water partition coefficient (Wildman–Crippen LogP) is 4.56. The third-order valence-electron chi connectivity index (χ3n) is 3.24. The van der Waals surface area contributed by atoms with Crippen molar-refractivity contribution in [3.63, 3.8) is 0 Å². The molecule has 1 N–H and O–H groups in total. The minimum Gasteiger partial charge on any atom is -0.361 e. The second kappa shape index (κ2) is 7.44. The normalized spacial score (nSPS) is 11.0. The van der Waals surface area contributed by atoms with E-state index in [4.69, 9.17) is 4.98 Å². The highest BCUT2D eigenvalue weighted by Gasteiger charge is 2.10. The van der Waals surface area contributed by atoms with E-state index in [2.05, 4.69) is 56.4 Å². The number of hydrogen-bond acceptors (Lipinski definition) is 3. The summed E-state index contributed by atoms with van der Waals surface area (Å²) < 4.78 is 0. The SMILES string of the molecule is CCc1nc(NCCc2ccccc2)sc1CC(C)C. The fourth-order valence-electron chi connectivity index (χ4n) is 2.22. The molecule has 0 aliphatic carbocycles. The first-order valence-electron chi connectivity index (χ1n) is 7.45. The maximum absolute atomic E-state index is 4.72. The Morgan fingerprint density at radius 2 is 1.95 bits per heavy atom. The molecule has 3 heteroatoms. The van der Waals surface area contributed by atoms with Crippen LogP contribution in [0.3, 0.4) is 0 Å². The Kier molecular flexibility index (Phi) is 5.60. The van der Waals surface area contributed by atoms with Crippen LogP contribution in [0.2, 0.25) is 0 Å². The molecule has 0 aliphatic heterocycles.